The summed E-state index contributed by atoms with van der Waals surface area (Å²) in [5.41, 5.74) is 2.66. The van der Waals surface area contributed by atoms with Crippen LogP contribution < -0.4 is 15.2 Å². The first-order valence-electron chi connectivity index (χ1n) is 9.11. The Labute approximate surface area is 175 Å². The first-order valence-corrected chi connectivity index (χ1v) is 9.99. The van der Waals surface area contributed by atoms with Crippen LogP contribution in [0, 0.1) is 5.82 Å². The van der Waals surface area contributed by atoms with E-state index in [-0.39, 0.29) is 23.8 Å². The van der Waals surface area contributed by atoms with Crippen LogP contribution >= 0.6 is 11.3 Å². The van der Waals surface area contributed by atoms with E-state index in [4.69, 9.17) is 4.74 Å². The van der Waals surface area contributed by atoms with Gasteiger partial charge in [0.2, 0.25) is 5.91 Å². The van der Waals surface area contributed by atoms with Crippen molar-refractivity contribution in [1.29, 1.82) is 0 Å². The average Bonchev–Trinajstić information content (AvgIpc) is 3.20. The maximum Gasteiger partial charge on any atom is 0.271 e. The van der Waals surface area contributed by atoms with E-state index >= 15 is 0 Å². The number of hydrogen-bond donors (Lipinski definition) is 0. The topological polar surface area (TPSA) is 64.4 Å². The molecule has 30 heavy (non-hydrogen) atoms. The van der Waals surface area contributed by atoms with Crippen molar-refractivity contribution in [1.82, 2.24) is 9.55 Å². The Kier molecular flexibility index (Phi) is 5.33. The number of aromatic nitrogens is 2. The number of nitrogens with zero attached hydrogens (tertiary/aromatic N) is 3. The Bertz CT molecular complexity index is 1260. The Morgan fingerprint density at radius 1 is 1.17 bits per heavy atom. The molecule has 0 N–H and O–H groups in total. The van der Waals surface area contributed by atoms with Gasteiger partial charge in [0.05, 0.1) is 19.0 Å². The summed E-state index contributed by atoms with van der Waals surface area (Å²) >= 11 is 1.30. The second kappa shape index (κ2) is 8.08. The van der Waals surface area contributed by atoms with Crippen molar-refractivity contribution in [2.24, 2.45) is 0 Å². The van der Waals surface area contributed by atoms with Crippen LogP contribution in [0.4, 0.5) is 10.1 Å². The predicted molar refractivity (Wildman–Crippen MR) is 116 cm³/mol. The number of ether oxygens (including phenoxy) is 1. The van der Waals surface area contributed by atoms with Crippen molar-refractivity contribution in [2.45, 2.75) is 6.54 Å². The molecule has 2 heterocycles. The van der Waals surface area contributed by atoms with E-state index in [0.717, 1.165) is 16.9 Å². The molecule has 2 aromatic carbocycles. The van der Waals surface area contributed by atoms with Gasteiger partial charge in [-0.3, -0.25) is 14.2 Å². The molecule has 2 aromatic heterocycles. The average molecular weight is 423 g/mol. The lowest BCUT2D eigenvalue weighted by Crippen LogP contribution is -2.33. The molecule has 0 atom stereocenters. The second-order valence-corrected chi connectivity index (χ2v) is 7.54. The molecule has 0 saturated carbocycles. The van der Waals surface area contributed by atoms with Gasteiger partial charge in [-0.1, -0.05) is 12.1 Å². The number of hydrogen-bond acceptors (Lipinski definition) is 5. The fraction of sp³-hybridized carbons (Fsp3) is 0.136. The molecule has 0 aliphatic heterocycles. The molecular formula is C22H18FN3O3S. The van der Waals surface area contributed by atoms with Crippen LogP contribution in [0.25, 0.3) is 21.3 Å². The van der Waals surface area contributed by atoms with Gasteiger partial charge >= 0.3 is 0 Å². The van der Waals surface area contributed by atoms with E-state index < -0.39 is 0 Å². The summed E-state index contributed by atoms with van der Waals surface area (Å²) in [4.78, 5) is 31.3. The highest BCUT2D eigenvalue weighted by Crippen LogP contribution is 2.31. The van der Waals surface area contributed by atoms with Crippen molar-refractivity contribution < 1.29 is 13.9 Å². The quantitative estimate of drug-likeness (QED) is 0.488. The zero-order chi connectivity index (χ0) is 21.3. The molecule has 0 saturated heterocycles. The number of rotatable bonds is 5. The van der Waals surface area contributed by atoms with Crippen LogP contribution in [0.3, 0.4) is 0 Å². The lowest BCUT2D eigenvalue weighted by molar-refractivity contribution is -0.118. The Morgan fingerprint density at radius 2 is 1.87 bits per heavy atom. The number of benzene rings is 2. The highest BCUT2D eigenvalue weighted by atomic mass is 32.1. The standard InChI is InChI=1S/C22H18FN3O3S/c1-25(16-7-5-15(23)6-8-16)19(27)11-26-13-24-20-18(12-30-21(20)22(26)28)14-3-9-17(29-2)10-4-14/h3-10,12-13H,11H2,1-2H3. The van der Waals surface area contributed by atoms with Gasteiger partial charge in [0.1, 0.15) is 22.8 Å². The molecule has 6 nitrogen and oxygen atoms in total. The molecule has 0 aliphatic rings. The van der Waals surface area contributed by atoms with E-state index in [9.17, 15) is 14.0 Å². The van der Waals surface area contributed by atoms with Crippen LogP contribution in [0.15, 0.2) is 65.0 Å². The van der Waals surface area contributed by atoms with Gasteiger partial charge in [-0.05, 0) is 42.0 Å². The molecule has 0 bridgehead atoms. The molecule has 8 heteroatoms. The summed E-state index contributed by atoms with van der Waals surface area (Å²) in [6.45, 7) is -0.161. The minimum atomic E-state index is -0.379. The second-order valence-electron chi connectivity index (χ2n) is 6.66. The van der Waals surface area contributed by atoms with Gasteiger partial charge < -0.3 is 9.64 Å². The predicted octanol–water partition coefficient (Wildman–Crippen LogP) is 3.94. The number of thiophene rings is 1. The van der Waals surface area contributed by atoms with Gasteiger partial charge in [0.25, 0.3) is 5.56 Å². The highest BCUT2D eigenvalue weighted by molar-refractivity contribution is 7.17. The maximum atomic E-state index is 13.1. The monoisotopic (exact) mass is 423 g/mol. The molecule has 0 aliphatic carbocycles. The van der Waals surface area contributed by atoms with Gasteiger partial charge in [-0.15, -0.1) is 11.3 Å². The number of amides is 1. The Balaban J connectivity index is 1.61. The molecule has 0 spiro atoms. The lowest BCUT2D eigenvalue weighted by atomic mass is 10.1. The maximum absolute atomic E-state index is 13.1. The van der Waals surface area contributed by atoms with Crippen LogP contribution in [0.1, 0.15) is 0 Å². The third kappa shape index (κ3) is 3.69. The first kappa shape index (κ1) is 19.8. The van der Waals surface area contributed by atoms with Gasteiger partial charge in [-0.25, -0.2) is 9.37 Å². The number of anilines is 1. The van der Waals surface area contributed by atoms with Gasteiger partial charge in [-0.2, -0.15) is 0 Å². The van der Waals surface area contributed by atoms with E-state index in [2.05, 4.69) is 4.98 Å². The number of methoxy groups -OCH3 is 1. The summed E-state index contributed by atoms with van der Waals surface area (Å²) in [5.74, 6) is 0.0602. The molecule has 0 radical (unpaired) electrons. The third-order valence-electron chi connectivity index (χ3n) is 4.84. The third-order valence-corrected chi connectivity index (χ3v) is 5.80. The van der Waals surface area contributed by atoms with Crippen molar-refractivity contribution in [3.05, 3.63) is 76.4 Å². The van der Waals surface area contributed by atoms with Crippen LogP contribution in [0.5, 0.6) is 5.75 Å². The lowest BCUT2D eigenvalue weighted by Gasteiger charge is -2.17. The SMILES string of the molecule is COc1ccc(-c2csc3c(=O)n(CC(=O)N(C)c4ccc(F)cc4)cnc23)cc1. The molecule has 0 unspecified atom stereocenters. The van der Waals surface area contributed by atoms with E-state index in [0.29, 0.717) is 15.9 Å². The molecule has 152 valence electrons. The van der Waals surface area contributed by atoms with Crippen molar-refractivity contribution in [2.75, 3.05) is 19.1 Å². The summed E-state index contributed by atoms with van der Waals surface area (Å²) in [6, 6.07) is 13.1. The van der Waals surface area contributed by atoms with Crippen LogP contribution in [-0.4, -0.2) is 29.6 Å². The number of carbonyl (C=O) groups excluding carboxylic acids is 1. The number of carbonyl (C=O) groups is 1. The fourth-order valence-corrected chi connectivity index (χ4v) is 4.07. The molecule has 1 amide bonds. The first-order chi connectivity index (χ1) is 14.5. The van der Waals surface area contributed by atoms with Gasteiger partial charge in [0, 0.05) is 23.7 Å². The summed E-state index contributed by atoms with van der Waals surface area (Å²) < 4.78 is 20.1. The summed E-state index contributed by atoms with van der Waals surface area (Å²) in [5, 5.41) is 1.89. The van der Waals surface area contributed by atoms with Crippen LogP contribution in [-0.2, 0) is 11.3 Å². The number of likely N-dealkylation sites (N-methyl/N-ethyl adjacent to an activating group) is 1. The largest absolute Gasteiger partial charge is 0.497 e. The fourth-order valence-electron chi connectivity index (χ4n) is 3.09. The Hall–Kier alpha value is -3.52. The number of fused-ring (bicyclic) bond motifs is 1. The zero-order valence-electron chi connectivity index (χ0n) is 16.3. The highest BCUT2D eigenvalue weighted by Gasteiger charge is 2.16. The zero-order valence-corrected chi connectivity index (χ0v) is 17.1. The summed E-state index contributed by atoms with van der Waals surface area (Å²) in [6.07, 6.45) is 1.39. The molecule has 0 fully saturated rings. The molecule has 4 rings (SSSR count). The van der Waals surface area contributed by atoms with Crippen molar-refractivity contribution >= 4 is 33.1 Å². The van der Waals surface area contributed by atoms with E-state index in [1.807, 2.05) is 29.6 Å². The molecular weight excluding hydrogens is 405 g/mol. The van der Waals surface area contributed by atoms with Crippen LogP contribution in [0.2, 0.25) is 0 Å². The molecule has 4 aromatic rings. The van der Waals surface area contributed by atoms with E-state index in [1.54, 1.807) is 14.2 Å². The number of halogens is 1. The van der Waals surface area contributed by atoms with E-state index in [1.165, 1.54) is 51.4 Å². The smallest absolute Gasteiger partial charge is 0.271 e. The van der Waals surface area contributed by atoms with Crippen molar-refractivity contribution in [3.8, 4) is 16.9 Å². The summed E-state index contributed by atoms with van der Waals surface area (Å²) in [7, 11) is 3.19. The minimum absolute atomic E-state index is 0.161. The Morgan fingerprint density at radius 3 is 2.53 bits per heavy atom. The van der Waals surface area contributed by atoms with Gasteiger partial charge in [0.15, 0.2) is 0 Å². The minimum Gasteiger partial charge on any atom is -0.497 e. The van der Waals surface area contributed by atoms with Crippen molar-refractivity contribution in [3.63, 3.8) is 0 Å². The normalized spacial score (nSPS) is 10.9.